The fourth-order valence-corrected chi connectivity index (χ4v) is 6.02. The summed E-state index contributed by atoms with van der Waals surface area (Å²) in [5, 5.41) is 10.1. The van der Waals surface area contributed by atoms with Gasteiger partial charge in [-0.25, -0.2) is 9.18 Å². The van der Waals surface area contributed by atoms with Crippen LogP contribution in [0.3, 0.4) is 0 Å². The summed E-state index contributed by atoms with van der Waals surface area (Å²) in [5.74, 6) is 0.0982. The molecule has 1 aromatic carbocycles. The third kappa shape index (κ3) is 4.53. The predicted molar refractivity (Wildman–Crippen MR) is 119 cm³/mol. The van der Waals surface area contributed by atoms with Crippen LogP contribution >= 0.6 is 23.1 Å². The Bertz CT molecular complexity index is 1220. The zero-order chi connectivity index (χ0) is 24.0. The zero-order valence-corrected chi connectivity index (χ0v) is 19.3. The van der Waals surface area contributed by atoms with E-state index in [4.69, 9.17) is 9.26 Å². The van der Waals surface area contributed by atoms with Crippen LogP contribution < -0.4 is 10.6 Å². The van der Waals surface area contributed by atoms with E-state index in [0.29, 0.717) is 35.3 Å². The van der Waals surface area contributed by atoms with Gasteiger partial charge in [-0.05, 0) is 24.2 Å². The molecule has 0 radical (unpaired) electrons. The Labute approximate surface area is 199 Å². The number of hydrogen-bond donors (Lipinski definition) is 2. The Hall–Kier alpha value is -2.58. The fraction of sp³-hybridized carbons (Fsp3) is 0.450. The average molecular weight is 518 g/mol. The fourth-order valence-electron chi connectivity index (χ4n) is 3.91. The maximum Gasteiger partial charge on any atom is 0.446 e. The molecule has 2 saturated heterocycles. The van der Waals surface area contributed by atoms with Gasteiger partial charge in [0, 0.05) is 23.9 Å². The van der Waals surface area contributed by atoms with Gasteiger partial charge in [-0.3, -0.25) is 0 Å². The van der Waals surface area contributed by atoms with Crippen LogP contribution in [-0.4, -0.2) is 65.6 Å². The number of likely N-dealkylation sites (N-methyl/N-ethyl adjacent to an activating group) is 1. The number of amides is 2. The van der Waals surface area contributed by atoms with E-state index in [1.54, 1.807) is 25.2 Å². The summed E-state index contributed by atoms with van der Waals surface area (Å²) in [5.41, 5.74) is -4.02. The van der Waals surface area contributed by atoms with Gasteiger partial charge in [0.25, 0.3) is 5.89 Å². The highest BCUT2D eigenvalue weighted by Crippen LogP contribution is 2.50. The molecule has 2 fully saturated rings. The highest BCUT2D eigenvalue weighted by Gasteiger charge is 2.36. The van der Waals surface area contributed by atoms with E-state index < -0.39 is 23.8 Å². The van der Waals surface area contributed by atoms with Crippen molar-refractivity contribution in [1.82, 2.24) is 20.4 Å². The summed E-state index contributed by atoms with van der Waals surface area (Å²) in [4.78, 5) is 17.6. The van der Waals surface area contributed by atoms with Crippen molar-refractivity contribution in [1.29, 1.82) is 0 Å². The van der Waals surface area contributed by atoms with Crippen molar-refractivity contribution in [3.05, 3.63) is 24.1 Å². The van der Waals surface area contributed by atoms with E-state index in [0.717, 1.165) is 11.3 Å². The molecule has 0 unspecified atom stereocenters. The number of urea groups is 1. The number of hydrogen-bond acceptors (Lipinski definition) is 8. The van der Waals surface area contributed by atoms with Gasteiger partial charge in [0.05, 0.1) is 34.5 Å². The zero-order valence-electron chi connectivity index (χ0n) is 17.7. The molecule has 2 aliphatic heterocycles. The molecule has 5 rings (SSSR count). The number of fused-ring (bicyclic) bond motifs is 1. The Morgan fingerprint density at radius 1 is 1.35 bits per heavy atom. The summed E-state index contributed by atoms with van der Waals surface area (Å²) < 4.78 is 65.7. The van der Waals surface area contributed by atoms with Crippen molar-refractivity contribution in [3.63, 3.8) is 0 Å². The number of carbonyl (C=O) groups is 1. The largest absolute Gasteiger partial charge is 0.446 e. The number of aromatic nitrogens is 2. The molecule has 182 valence electrons. The molecule has 2 aliphatic rings. The first-order valence-electron chi connectivity index (χ1n) is 10.3. The number of ether oxygens (including phenoxy) is 1. The predicted octanol–water partition coefficient (Wildman–Crippen LogP) is 4.80. The van der Waals surface area contributed by atoms with E-state index in [2.05, 4.69) is 20.8 Å². The van der Waals surface area contributed by atoms with Crippen molar-refractivity contribution in [2.75, 3.05) is 32.1 Å². The summed E-state index contributed by atoms with van der Waals surface area (Å²) in [6.07, 6.45) is -0.789. The molecular weight excluding hydrogens is 498 g/mol. The molecule has 14 heteroatoms. The Morgan fingerprint density at radius 3 is 2.88 bits per heavy atom. The number of nitrogens with one attached hydrogen (secondary N) is 2. The maximum atomic E-state index is 14.3. The molecule has 3 aromatic rings. The van der Waals surface area contributed by atoms with Crippen LogP contribution in [0.2, 0.25) is 0 Å². The lowest BCUT2D eigenvalue weighted by atomic mass is 10.1. The minimum Gasteiger partial charge on any atom is -0.378 e. The summed E-state index contributed by atoms with van der Waals surface area (Å²) in [6.45, 7) is 0.662. The van der Waals surface area contributed by atoms with Gasteiger partial charge in [0.15, 0.2) is 0 Å². The van der Waals surface area contributed by atoms with E-state index in [1.807, 2.05) is 0 Å². The van der Waals surface area contributed by atoms with Gasteiger partial charge in [-0.15, -0.1) is 11.3 Å². The topological polar surface area (TPSA) is 92.5 Å². The number of carbonyl (C=O) groups excluding carboxylic acids is 1. The molecule has 0 spiro atoms. The lowest BCUT2D eigenvalue weighted by Crippen LogP contribution is -2.39. The van der Waals surface area contributed by atoms with Crippen LogP contribution in [-0.2, 0) is 4.74 Å². The van der Waals surface area contributed by atoms with Gasteiger partial charge < -0.3 is 24.8 Å². The number of thioether (sulfide) groups is 1. The summed E-state index contributed by atoms with van der Waals surface area (Å²) >= 11 is 0.816. The van der Waals surface area contributed by atoms with Crippen LogP contribution in [0.4, 0.5) is 28.0 Å². The molecule has 2 N–H and O–H groups in total. The van der Waals surface area contributed by atoms with Crippen molar-refractivity contribution < 1.29 is 31.6 Å². The van der Waals surface area contributed by atoms with Crippen molar-refractivity contribution in [2.24, 2.45) is 0 Å². The molecule has 0 aliphatic carbocycles. The summed E-state index contributed by atoms with van der Waals surface area (Å²) in [7, 11) is 1.60. The Morgan fingerprint density at radius 2 is 2.18 bits per heavy atom. The van der Waals surface area contributed by atoms with Crippen LogP contribution in [0, 0.1) is 0 Å². The first kappa shape index (κ1) is 23.2. The minimum atomic E-state index is -4.55. The van der Waals surface area contributed by atoms with Gasteiger partial charge in [0.1, 0.15) is 12.2 Å². The molecule has 2 amide bonds. The van der Waals surface area contributed by atoms with Crippen LogP contribution in [0.25, 0.3) is 20.8 Å². The number of rotatable bonds is 5. The standard InChI is InChI=1S/C20H19F4N5O3S2/c1-29-7-13(26-19(29)30)18-27-17(28-32-18)16-15(34-20(22,23)24)9-3-2-4-12(14(9)33-16)25-11-5-6-31-8-10(11)21/h2-4,10-11,13,25H,5-8H2,1H3,(H,26,30)/t10-,11+,13+/m0/s1. The first-order valence-corrected chi connectivity index (χ1v) is 12.0. The molecule has 0 saturated carbocycles. The molecule has 8 nitrogen and oxygen atoms in total. The van der Waals surface area contributed by atoms with Crippen molar-refractivity contribution in [3.8, 4) is 10.7 Å². The SMILES string of the molecule is CN1C[C@H](c2nc(-c3sc4c(N[C@@H]5CCOC[C@@H]5F)cccc4c3SC(F)(F)F)no2)NC1=O. The number of benzene rings is 1. The molecule has 3 atom stereocenters. The van der Waals surface area contributed by atoms with E-state index >= 15 is 0 Å². The molecule has 4 heterocycles. The lowest BCUT2D eigenvalue weighted by molar-refractivity contribution is -0.0327. The summed E-state index contributed by atoms with van der Waals surface area (Å²) in [6, 6.07) is 3.54. The highest BCUT2D eigenvalue weighted by molar-refractivity contribution is 8.00. The normalized spacial score (nSPS) is 23.5. The number of halogens is 4. The highest BCUT2D eigenvalue weighted by atomic mass is 32.2. The minimum absolute atomic E-state index is 0.00728. The lowest BCUT2D eigenvalue weighted by Gasteiger charge is -2.27. The second kappa shape index (κ2) is 8.89. The second-order valence-corrected chi connectivity index (χ2v) is 10.1. The van der Waals surface area contributed by atoms with Gasteiger partial charge in [0.2, 0.25) is 5.82 Å². The van der Waals surface area contributed by atoms with Crippen LogP contribution in [0.5, 0.6) is 0 Å². The number of alkyl halides is 4. The van der Waals surface area contributed by atoms with Crippen molar-refractivity contribution in [2.45, 2.75) is 35.1 Å². The molecule has 2 aromatic heterocycles. The average Bonchev–Trinajstić information content (AvgIpc) is 3.47. The second-order valence-electron chi connectivity index (χ2n) is 7.96. The smallest absolute Gasteiger partial charge is 0.378 e. The van der Waals surface area contributed by atoms with Crippen molar-refractivity contribution >= 4 is 44.9 Å². The first-order chi connectivity index (χ1) is 16.2. The quantitative estimate of drug-likeness (QED) is 0.371. The molecule has 0 bridgehead atoms. The Balaban J connectivity index is 1.54. The monoisotopic (exact) mass is 517 g/mol. The Kier molecular flexibility index (Phi) is 6.06. The van der Waals surface area contributed by atoms with E-state index in [9.17, 15) is 22.4 Å². The third-order valence-corrected chi connectivity index (χ3v) is 7.78. The third-order valence-electron chi connectivity index (χ3n) is 5.56. The number of anilines is 1. The van der Waals surface area contributed by atoms with Gasteiger partial charge in [-0.1, -0.05) is 17.3 Å². The van der Waals surface area contributed by atoms with Gasteiger partial charge >= 0.3 is 11.5 Å². The van der Waals surface area contributed by atoms with E-state index in [-0.39, 0.29) is 45.9 Å². The van der Waals surface area contributed by atoms with E-state index in [1.165, 1.54) is 4.90 Å². The van der Waals surface area contributed by atoms with Gasteiger partial charge in [-0.2, -0.15) is 18.2 Å². The van der Waals surface area contributed by atoms with Crippen LogP contribution in [0.1, 0.15) is 18.4 Å². The maximum absolute atomic E-state index is 14.3. The number of thiophene rings is 1. The molecule has 34 heavy (non-hydrogen) atoms. The molecular formula is C20H19F4N5O3S2. The van der Waals surface area contributed by atoms with Crippen LogP contribution in [0.15, 0.2) is 27.6 Å². The number of nitrogens with zero attached hydrogens (tertiary/aromatic N) is 3.